The minimum Gasteiger partial charge on any atom is -0.380 e. The monoisotopic (exact) mass is 287 g/mol. The topological polar surface area (TPSA) is 47.9 Å². The van der Waals surface area contributed by atoms with Gasteiger partial charge in [0.15, 0.2) is 5.84 Å². The molecular formula is C15H14ClN3O. The molecule has 4 nitrogen and oxygen atoms in total. The van der Waals surface area contributed by atoms with E-state index in [9.17, 15) is 5.11 Å². The first-order valence-electron chi connectivity index (χ1n) is 6.33. The van der Waals surface area contributed by atoms with Gasteiger partial charge in [-0.3, -0.25) is 5.43 Å². The fraction of sp³-hybridized carbons (Fsp3) is 0.133. The van der Waals surface area contributed by atoms with Gasteiger partial charge in [0.1, 0.15) is 12.8 Å². The summed E-state index contributed by atoms with van der Waals surface area (Å²) in [5, 5.41) is 15.3. The Bertz CT molecular complexity index is 630. The van der Waals surface area contributed by atoms with E-state index in [1.807, 2.05) is 47.4 Å². The van der Waals surface area contributed by atoms with Crippen molar-refractivity contribution in [3.8, 4) is 0 Å². The molecule has 1 aliphatic rings. The highest BCUT2D eigenvalue weighted by atomic mass is 35.5. The first-order chi connectivity index (χ1) is 9.77. The van der Waals surface area contributed by atoms with Crippen molar-refractivity contribution in [2.75, 3.05) is 11.6 Å². The van der Waals surface area contributed by atoms with Crippen LogP contribution in [-0.2, 0) is 0 Å². The van der Waals surface area contributed by atoms with Crippen molar-refractivity contribution >= 4 is 23.1 Å². The Morgan fingerprint density at radius 3 is 2.55 bits per heavy atom. The Morgan fingerprint density at radius 1 is 1.10 bits per heavy atom. The summed E-state index contributed by atoms with van der Waals surface area (Å²) >= 11 is 6.14. The Kier molecular flexibility index (Phi) is 3.58. The normalized spacial score (nSPS) is 15.7. The molecule has 1 unspecified atom stereocenters. The molecule has 2 aromatic carbocycles. The van der Waals surface area contributed by atoms with Crippen LogP contribution < -0.4 is 10.3 Å². The first-order valence-corrected chi connectivity index (χ1v) is 6.70. The van der Waals surface area contributed by atoms with Gasteiger partial charge >= 0.3 is 0 Å². The maximum Gasteiger partial charge on any atom is 0.164 e. The second kappa shape index (κ2) is 5.53. The summed E-state index contributed by atoms with van der Waals surface area (Å²) in [6.07, 6.45) is -0.862. The molecule has 1 heterocycles. The zero-order valence-corrected chi connectivity index (χ0v) is 11.5. The molecule has 20 heavy (non-hydrogen) atoms. The maximum atomic E-state index is 10.5. The summed E-state index contributed by atoms with van der Waals surface area (Å²) in [6.45, 7) is 0.529. The maximum absolute atomic E-state index is 10.5. The summed E-state index contributed by atoms with van der Waals surface area (Å²) < 4.78 is 0. The number of amidine groups is 1. The molecule has 1 atom stereocenters. The Hall–Kier alpha value is -2.04. The van der Waals surface area contributed by atoms with Gasteiger partial charge in [-0.1, -0.05) is 48.0 Å². The first kappa shape index (κ1) is 13.0. The van der Waals surface area contributed by atoms with E-state index in [0.717, 1.165) is 5.69 Å². The third kappa shape index (κ3) is 2.35. The van der Waals surface area contributed by atoms with Gasteiger partial charge in [-0.2, -0.15) is 5.10 Å². The molecule has 3 rings (SSSR count). The molecule has 2 N–H and O–H groups in total. The summed E-state index contributed by atoms with van der Waals surface area (Å²) in [4.78, 5) is 1.92. The summed E-state index contributed by atoms with van der Waals surface area (Å²) in [7, 11) is 0. The number of halogens is 1. The predicted molar refractivity (Wildman–Crippen MR) is 80.8 cm³/mol. The third-order valence-electron chi connectivity index (χ3n) is 3.21. The van der Waals surface area contributed by atoms with Gasteiger partial charge in [0, 0.05) is 16.3 Å². The van der Waals surface area contributed by atoms with Gasteiger partial charge in [0.05, 0.1) is 0 Å². The van der Waals surface area contributed by atoms with Crippen molar-refractivity contribution in [3.05, 3.63) is 65.2 Å². The second-order valence-corrected chi connectivity index (χ2v) is 4.88. The number of hydrazone groups is 1. The molecule has 1 aliphatic heterocycles. The zero-order valence-electron chi connectivity index (χ0n) is 10.7. The largest absolute Gasteiger partial charge is 0.380 e. The summed E-state index contributed by atoms with van der Waals surface area (Å²) in [5.74, 6) is 0.546. The molecule has 5 heteroatoms. The minimum absolute atomic E-state index is 0.529. The number of hydrogen-bond acceptors (Lipinski definition) is 4. The van der Waals surface area contributed by atoms with E-state index in [0.29, 0.717) is 23.1 Å². The zero-order chi connectivity index (χ0) is 13.9. The number of nitrogens with zero attached hydrogens (tertiary/aromatic N) is 2. The lowest BCUT2D eigenvalue weighted by Crippen LogP contribution is -2.33. The molecule has 0 fully saturated rings. The van der Waals surface area contributed by atoms with Crippen molar-refractivity contribution in [1.82, 2.24) is 5.43 Å². The second-order valence-electron chi connectivity index (χ2n) is 4.47. The van der Waals surface area contributed by atoms with Crippen LogP contribution >= 0.6 is 11.6 Å². The lowest BCUT2D eigenvalue weighted by atomic mass is 10.1. The summed E-state index contributed by atoms with van der Waals surface area (Å²) in [6, 6.07) is 17.0. The van der Waals surface area contributed by atoms with Crippen LogP contribution in [0.15, 0.2) is 59.7 Å². The smallest absolute Gasteiger partial charge is 0.164 e. The van der Waals surface area contributed by atoms with Gasteiger partial charge in [0.2, 0.25) is 0 Å². The van der Waals surface area contributed by atoms with Crippen LogP contribution in [0.1, 0.15) is 11.7 Å². The number of aliphatic hydroxyl groups is 1. The standard InChI is InChI=1S/C15H14ClN3O/c16-13-9-5-4-8-12(13)14(20)15-18-17-10-19(15)11-6-2-1-3-7-11/h1-9,14,17,20H,10H2. The van der Waals surface area contributed by atoms with Crippen LogP contribution in [0.25, 0.3) is 0 Å². The van der Waals surface area contributed by atoms with Crippen molar-refractivity contribution in [1.29, 1.82) is 0 Å². The number of rotatable bonds is 3. The molecule has 0 saturated heterocycles. The van der Waals surface area contributed by atoms with Gasteiger partial charge in [0.25, 0.3) is 0 Å². The fourth-order valence-electron chi connectivity index (χ4n) is 2.20. The van der Waals surface area contributed by atoms with E-state index in [2.05, 4.69) is 10.5 Å². The predicted octanol–water partition coefficient (Wildman–Crippen LogP) is 2.75. The van der Waals surface area contributed by atoms with Crippen LogP contribution in [0.4, 0.5) is 5.69 Å². The van der Waals surface area contributed by atoms with Gasteiger partial charge in [-0.25, -0.2) is 0 Å². The molecule has 0 aliphatic carbocycles. The quantitative estimate of drug-likeness (QED) is 0.912. The third-order valence-corrected chi connectivity index (χ3v) is 3.56. The Balaban J connectivity index is 1.92. The van der Waals surface area contributed by atoms with Crippen molar-refractivity contribution in [3.63, 3.8) is 0 Å². The average Bonchev–Trinajstić information content (AvgIpc) is 2.97. The Labute approximate surface area is 122 Å². The molecule has 0 aromatic heterocycles. The summed E-state index contributed by atoms with van der Waals surface area (Å²) in [5.41, 5.74) is 4.53. The molecule has 0 bridgehead atoms. The fourth-order valence-corrected chi connectivity index (χ4v) is 2.44. The van der Waals surface area contributed by atoms with E-state index in [1.54, 1.807) is 12.1 Å². The van der Waals surface area contributed by atoms with Crippen LogP contribution in [0.2, 0.25) is 5.02 Å². The highest BCUT2D eigenvalue weighted by Gasteiger charge is 2.27. The van der Waals surface area contributed by atoms with E-state index in [4.69, 9.17) is 11.6 Å². The van der Waals surface area contributed by atoms with Crippen LogP contribution in [0, 0.1) is 0 Å². The minimum atomic E-state index is -0.862. The number of aliphatic hydroxyl groups excluding tert-OH is 1. The molecule has 0 saturated carbocycles. The number of nitrogens with one attached hydrogen (secondary N) is 1. The van der Waals surface area contributed by atoms with Gasteiger partial charge < -0.3 is 10.0 Å². The van der Waals surface area contributed by atoms with E-state index < -0.39 is 6.10 Å². The molecule has 0 spiro atoms. The highest BCUT2D eigenvalue weighted by Crippen LogP contribution is 2.27. The van der Waals surface area contributed by atoms with Crippen molar-refractivity contribution < 1.29 is 5.11 Å². The van der Waals surface area contributed by atoms with Crippen molar-refractivity contribution in [2.24, 2.45) is 5.10 Å². The lowest BCUT2D eigenvalue weighted by Gasteiger charge is -2.23. The van der Waals surface area contributed by atoms with Gasteiger partial charge in [-0.05, 0) is 18.2 Å². The number of anilines is 1. The number of hydrogen-bond donors (Lipinski definition) is 2. The SMILES string of the molecule is OC(C1=NNCN1c1ccccc1)c1ccccc1Cl. The Morgan fingerprint density at radius 2 is 1.80 bits per heavy atom. The van der Waals surface area contributed by atoms with Crippen LogP contribution in [0.5, 0.6) is 0 Å². The van der Waals surface area contributed by atoms with E-state index in [1.165, 1.54) is 0 Å². The van der Waals surface area contributed by atoms with Crippen LogP contribution in [-0.4, -0.2) is 17.6 Å². The average molecular weight is 288 g/mol. The molecule has 0 radical (unpaired) electrons. The lowest BCUT2D eigenvalue weighted by molar-refractivity contribution is 0.246. The van der Waals surface area contributed by atoms with Crippen molar-refractivity contribution in [2.45, 2.75) is 6.10 Å². The number of benzene rings is 2. The molecule has 0 amide bonds. The van der Waals surface area contributed by atoms with E-state index in [-0.39, 0.29) is 0 Å². The van der Waals surface area contributed by atoms with Crippen LogP contribution in [0.3, 0.4) is 0 Å². The number of para-hydroxylation sites is 1. The molecule has 2 aromatic rings. The highest BCUT2D eigenvalue weighted by molar-refractivity contribution is 6.31. The molecule has 102 valence electrons. The molecular weight excluding hydrogens is 274 g/mol. The van der Waals surface area contributed by atoms with Gasteiger partial charge in [-0.15, -0.1) is 0 Å². The van der Waals surface area contributed by atoms with E-state index >= 15 is 0 Å².